The van der Waals surface area contributed by atoms with Gasteiger partial charge in [-0.3, -0.25) is 9.59 Å². The topological polar surface area (TPSA) is 58.2 Å². The third-order valence-corrected chi connectivity index (χ3v) is 4.70. The van der Waals surface area contributed by atoms with Crippen molar-refractivity contribution in [3.8, 4) is 0 Å². The summed E-state index contributed by atoms with van der Waals surface area (Å²) in [6.07, 6.45) is 4.23. The van der Waals surface area contributed by atoms with Gasteiger partial charge in [0.25, 0.3) is 0 Å². The third kappa shape index (κ3) is 5.45. The summed E-state index contributed by atoms with van der Waals surface area (Å²) in [5.74, 6) is 0.321. The van der Waals surface area contributed by atoms with Crippen LogP contribution in [-0.4, -0.2) is 11.8 Å². The SMILES string of the molecule is CCc1ccc(CCC(=O)NCc2cccc(NC(=O)C3CC3)c2)cc1. The molecule has 0 aliphatic heterocycles. The van der Waals surface area contributed by atoms with Crippen molar-refractivity contribution in [3.63, 3.8) is 0 Å². The van der Waals surface area contributed by atoms with Crippen LogP contribution in [0.15, 0.2) is 48.5 Å². The number of nitrogens with one attached hydrogen (secondary N) is 2. The Hall–Kier alpha value is -2.62. The zero-order chi connectivity index (χ0) is 18.4. The minimum absolute atomic E-state index is 0.0389. The van der Waals surface area contributed by atoms with E-state index in [9.17, 15) is 9.59 Å². The first-order valence-electron chi connectivity index (χ1n) is 9.38. The second-order valence-electron chi connectivity index (χ2n) is 6.91. The fourth-order valence-corrected chi connectivity index (χ4v) is 2.84. The molecule has 0 aromatic heterocycles. The first-order valence-corrected chi connectivity index (χ1v) is 9.38. The molecular formula is C22H26N2O2. The number of carbonyl (C=O) groups is 2. The third-order valence-electron chi connectivity index (χ3n) is 4.70. The van der Waals surface area contributed by atoms with Crippen molar-refractivity contribution >= 4 is 17.5 Å². The van der Waals surface area contributed by atoms with Crippen LogP contribution in [0.25, 0.3) is 0 Å². The summed E-state index contributed by atoms with van der Waals surface area (Å²) in [7, 11) is 0. The van der Waals surface area contributed by atoms with Crippen molar-refractivity contribution in [2.75, 3.05) is 5.32 Å². The van der Waals surface area contributed by atoms with Gasteiger partial charge in [-0.1, -0.05) is 43.3 Å². The first-order chi connectivity index (χ1) is 12.6. The van der Waals surface area contributed by atoms with E-state index in [4.69, 9.17) is 0 Å². The monoisotopic (exact) mass is 350 g/mol. The minimum atomic E-state index is 0.0389. The van der Waals surface area contributed by atoms with E-state index in [1.807, 2.05) is 24.3 Å². The van der Waals surface area contributed by atoms with Gasteiger partial charge in [-0.2, -0.15) is 0 Å². The van der Waals surface area contributed by atoms with Gasteiger partial charge < -0.3 is 10.6 Å². The largest absolute Gasteiger partial charge is 0.352 e. The first kappa shape index (κ1) is 18.2. The Labute approximate surface area is 155 Å². The molecule has 4 heteroatoms. The maximum atomic E-state index is 12.1. The molecule has 1 saturated carbocycles. The van der Waals surface area contributed by atoms with Crippen molar-refractivity contribution in [2.45, 2.75) is 45.6 Å². The lowest BCUT2D eigenvalue weighted by molar-refractivity contribution is -0.121. The predicted octanol–water partition coefficient (Wildman–Crippen LogP) is 3.85. The van der Waals surface area contributed by atoms with Gasteiger partial charge in [-0.15, -0.1) is 0 Å². The fourth-order valence-electron chi connectivity index (χ4n) is 2.84. The van der Waals surface area contributed by atoms with Crippen LogP contribution in [0.3, 0.4) is 0 Å². The van der Waals surface area contributed by atoms with E-state index in [-0.39, 0.29) is 17.7 Å². The number of amides is 2. The number of hydrogen-bond donors (Lipinski definition) is 2. The number of carbonyl (C=O) groups excluding carboxylic acids is 2. The summed E-state index contributed by atoms with van der Waals surface area (Å²) in [5.41, 5.74) is 4.28. The maximum absolute atomic E-state index is 12.1. The molecule has 0 atom stereocenters. The Morgan fingerprint density at radius 3 is 2.42 bits per heavy atom. The molecule has 0 unspecified atom stereocenters. The van der Waals surface area contributed by atoms with Crippen LogP contribution in [-0.2, 0) is 29.0 Å². The molecule has 0 spiro atoms. The highest BCUT2D eigenvalue weighted by Crippen LogP contribution is 2.30. The number of hydrogen-bond acceptors (Lipinski definition) is 2. The van der Waals surface area contributed by atoms with E-state index in [0.717, 1.165) is 36.9 Å². The van der Waals surface area contributed by atoms with Gasteiger partial charge in [0.1, 0.15) is 0 Å². The molecule has 1 fully saturated rings. The smallest absolute Gasteiger partial charge is 0.227 e. The molecule has 4 nitrogen and oxygen atoms in total. The lowest BCUT2D eigenvalue weighted by atomic mass is 10.1. The van der Waals surface area contributed by atoms with Crippen LogP contribution in [0.2, 0.25) is 0 Å². The zero-order valence-corrected chi connectivity index (χ0v) is 15.3. The van der Waals surface area contributed by atoms with Gasteiger partial charge in [-0.05, 0) is 54.5 Å². The normalized spacial score (nSPS) is 13.3. The van der Waals surface area contributed by atoms with Crippen LogP contribution in [0.1, 0.15) is 42.9 Å². The number of rotatable bonds is 8. The van der Waals surface area contributed by atoms with Gasteiger partial charge in [0.2, 0.25) is 11.8 Å². The molecule has 2 N–H and O–H groups in total. The molecule has 2 aromatic rings. The Morgan fingerprint density at radius 1 is 1.00 bits per heavy atom. The summed E-state index contributed by atoms with van der Waals surface area (Å²) in [5, 5.41) is 5.89. The summed E-state index contributed by atoms with van der Waals surface area (Å²) >= 11 is 0. The molecule has 2 aromatic carbocycles. The average Bonchev–Trinajstić information content (AvgIpc) is 3.51. The minimum Gasteiger partial charge on any atom is -0.352 e. The van der Waals surface area contributed by atoms with Crippen LogP contribution in [0, 0.1) is 5.92 Å². The molecule has 0 radical (unpaired) electrons. The van der Waals surface area contributed by atoms with Gasteiger partial charge in [-0.25, -0.2) is 0 Å². The van der Waals surface area contributed by atoms with Crippen LogP contribution in [0.4, 0.5) is 5.69 Å². The van der Waals surface area contributed by atoms with Crippen molar-refractivity contribution in [3.05, 3.63) is 65.2 Å². The highest BCUT2D eigenvalue weighted by atomic mass is 16.2. The number of benzene rings is 2. The zero-order valence-electron chi connectivity index (χ0n) is 15.3. The van der Waals surface area contributed by atoms with Crippen LogP contribution >= 0.6 is 0 Å². The molecule has 2 amide bonds. The Balaban J connectivity index is 1.44. The molecule has 1 aliphatic carbocycles. The van der Waals surface area contributed by atoms with Gasteiger partial charge in [0.05, 0.1) is 0 Å². The van der Waals surface area contributed by atoms with E-state index >= 15 is 0 Å². The maximum Gasteiger partial charge on any atom is 0.227 e. The average molecular weight is 350 g/mol. The molecule has 0 heterocycles. The van der Waals surface area contributed by atoms with E-state index in [2.05, 4.69) is 41.8 Å². The summed E-state index contributed by atoms with van der Waals surface area (Å²) in [4.78, 5) is 23.9. The van der Waals surface area contributed by atoms with E-state index in [1.54, 1.807) is 0 Å². The van der Waals surface area contributed by atoms with E-state index in [0.29, 0.717) is 13.0 Å². The Bertz CT molecular complexity index is 764. The highest BCUT2D eigenvalue weighted by molar-refractivity contribution is 5.94. The summed E-state index contributed by atoms with van der Waals surface area (Å²) < 4.78 is 0. The molecule has 3 rings (SSSR count). The molecule has 0 saturated heterocycles. The van der Waals surface area contributed by atoms with Crippen molar-refractivity contribution < 1.29 is 9.59 Å². The summed E-state index contributed by atoms with van der Waals surface area (Å²) in [6, 6.07) is 16.1. The van der Waals surface area contributed by atoms with Crippen molar-refractivity contribution in [1.29, 1.82) is 0 Å². The second-order valence-corrected chi connectivity index (χ2v) is 6.91. The van der Waals surface area contributed by atoms with Crippen LogP contribution < -0.4 is 10.6 Å². The number of anilines is 1. The standard InChI is InChI=1S/C22H26N2O2/c1-2-16-6-8-17(9-7-16)10-13-21(25)23-15-18-4-3-5-20(14-18)24-22(26)19-11-12-19/h3-9,14,19H,2,10-13,15H2,1H3,(H,23,25)(H,24,26). The molecular weight excluding hydrogens is 324 g/mol. The van der Waals surface area contributed by atoms with Crippen molar-refractivity contribution in [2.24, 2.45) is 5.92 Å². The van der Waals surface area contributed by atoms with Crippen molar-refractivity contribution in [1.82, 2.24) is 5.32 Å². The molecule has 136 valence electrons. The van der Waals surface area contributed by atoms with Gasteiger partial charge in [0, 0.05) is 24.6 Å². The fraction of sp³-hybridized carbons (Fsp3) is 0.364. The Kier molecular flexibility index (Phi) is 6.05. The predicted molar refractivity (Wildman–Crippen MR) is 104 cm³/mol. The molecule has 26 heavy (non-hydrogen) atoms. The lowest BCUT2D eigenvalue weighted by Gasteiger charge is -2.09. The van der Waals surface area contributed by atoms with Crippen LogP contribution in [0.5, 0.6) is 0 Å². The van der Waals surface area contributed by atoms with Gasteiger partial charge >= 0.3 is 0 Å². The van der Waals surface area contributed by atoms with Gasteiger partial charge in [0.15, 0.2) is 0 Å². The highest BCUT2D eigenvalue weighted by Gasteiger charge is 2.29. The second kappa shape index (κ2) is 8.65. The molecule has 0 bridgehead atoms. The summed E-state index contributed by atoms with van der Waals surface area (Å²) in [6.45, 7) is 2.61. The van der Waals surface area contributed by atoms with E-state index in [1.165, 1.54) is 11.1 Å². The lowest BCUT2D eigenvalue weighted by Crippen LogP contribution is -2.23. The Morgan fingerprint density at radius 2 is 1.73 bits per heavy atom. The molecule has 1 aliphatic rings. The number of aryl methyl sites for hydroxylation is 2. The van der Waals surface area contributed by atoms with E-state index < -0.39 is 0 Å². The quantitative estimate of drug-likeness (QED) is 0.760.